The highest BCUT2D eigenvalue weighted by atomic mass is 32.2. The highest BCUT2D eigenvalue weighted by Gasteiger charge is 2.32. The van der Waals surface area contributed by atoms with Gasteiger partial charge in [-0.05, 0) is 51.0 Å². The topological polar surface area (TPSA) is 70.5 Å². The molecule has 3 rings (SSSR count). The molecule has 8 heteroatoms. The molecule has 0 unspecified atom stereocenters. The SMILES string of the molecule is CSCC(=O)N[C@H]1CC[C@@H](C(=O)N2CCC(Cn3cccn3)CC2)CN(C)C1. The second-order valence-corrected chi connectivity index (χ2v) is 9.06. The van der Waals surface area contributed by atoms with E-state index in [1.165, 1.54) is 11.8 Å². The third-order valence-electron chi connectivity index (χ3n) is 5.85. The molecular weight excluding hydrogens is 374 g/mol. The van der Waals surface area contributed by atoms with E-state index >= 15 is 0 Å². The second-order valence-electron chi connectivity index (χ2n) is 8.19. The predicted octanol–water partition coefficient (Wildman–Crippen LogP) is 1.31. The van der Waals surface area contributed by atoms with Crippen molar-refractivity contribution in [3.63, 3.8) is 0 Å². The first-order valence-corrected chi connectivity index (χ1v) is 11.7. The first-order chi connectivity index (χ1) is 13.5. The summed E-state index contributed by atoms with van der Waals surface area (Å²) in [6, 6.07) is 2.10. The molecule has 0 saturated carbocycles. The van der Waals surface area contributed by atoms with Crippen molar-refractivity contribution >= 4 is 23.6 Å². The smallest absolute Gasteiger partial charge is 0.230 e. The maximum atomic E-state index is 13.1. The lowest BCUT2D eigenvalue weighted by Gasteiger charge is -2.34. The third-order valence-corrected chi connectivity index (χ3v) is 6.40. The summed E-state index contributed by atoms with van der Waals surface area (Å²) in [6.45, 7) is 4.23. The fraction of sp³-hybridized carbons (Fsp3) is 0.750. The molecule has 1 aromatic heterocycles. The van der Waals surface area contributed by atoms with Crippen LogP contribution < -0.4 is 5.32 Å². The van der Waals surface area contributed by atoms with E-state index < -0.39 is 0 Å². The largest absolute Gasteiger partial charge is 0.351 e. The van der Waals surface area contributed by atoms with Crippen LogP contribution in [0.2, 0.25) is 0 Å². The van der Waals surface area contributed by atoms with Crippen molar-refractivity contribution in [3.8, 4) is 0 Å². The quantitative estimate of drug-likeness (QED) is 0.770. The summed E-state index contributed by atoms with van der Waals surface area (Å²) in [6.07, 6.45) is 9.57. The van der Waals surface area contributed by atoms with Crippen LogP contribution in [0, 0.1) is 11.8 Å². The van der Waals surface area contributed by atoms with Crippen LogP contribution in [0.1, 0.15) is 25.7 Å². The number of piperidine rings is 1. The molecule has 156 valence electrons. The number of hydrogen-bond acceptors (Lipinski definition) is 5. The highest BCUT2D eigenvalue weighted by Crippen LogP contribution is 2.24. The van der Waals surface area contributed by atoms with E-state index in [1.807, 2.05) is 29.4 Å². The molecule has 1 aromatic rings. The van der Waals surface area contributed by atoms with Crippen molar-refractivity contribution in [1.29, 1.82) is 0 Å². The van der Waals surface area contributed by atoms with E-state index in [4.69, 9.17) is 0 Å². The van der Waals surface area contributed by atoms with Crippen LogP contribution in [0.4, 0.5) is 0 Å². The van der Waals surface area contributed by atoms with E-state index in [0.29, 0.717) is 17.6 Å². The van der Waals surface area contributed by atoms with Crippen LogP contribution in [0.15, 0.2) is 18.5 Å². The molecular formula is C20H33N5O2S. The van der Waals surface area contributed by atoms with Gasteiger partial charge in [0.2, 0.25) is 11.8 Å². The molecule has 0 aliphatic carbocycles. The maximum Gasteiger partial charge on any atom is 0.230 e. The lowest BCUT2D eigenvalue weighted by Crippen LogP contribution is -2.45. The van der Waals surface area contributed by atoms with Gasteiger partial charge in [-0.3, -0.25) is 14.3 Å². The average molecular weight is 408 g/mol. The summed E-state index contributed by atoms with van der Waals surface area (Å²) in [4.78, 5) is 29.3. The van der Waals surface area contributed by atoms with Crippen molar-refractivity contribution < 1.29 is 9.59 Å². The zero-order valence-corrected chi connectivity index (χ0v) is 17.9. The summed E-state index contributed by atoms with van der Waals surface area (Å²) in [7, 11) is 2.05. The number of thioether (sulfide) groups is 1. The molecule has 0 aromatic carbocycles. The Morgan fingerprint density at radius 2 is 1.96 bits per heavy atom. The van der Waals surface area contributed by atoms with Crippen molar-refractivity contribution in [2.45, 2.75) is 38.3 Å². The molecule has 1 N–H and O–H groups in total. The van der Waals surface area contributed by atoms with Crippen LogP contribution >= 0.6 is 11.8 Å². The molecule has 0 radical (unpaired) electrons. The Morgan fingerprint density at radius 3 is 2.64 bits per heavy atom. The summed E-state index contributed by atoms with van der Waals surface area (Å²) < 4.78 is 1.99. The zero-order valence-electron chi connectivity index (χ0n) is 17.0. The van der Waals surface area contributed by atoms with Gasteiger partial charge in [-0.1, -0.05) is 0 Å². The Kier molecular flexibility index (Phi) is 7.79. The molecule has 2 saturated heterocycles. The van der Waals surface area contributed by atoms with Crippen molar-refractivity contribution in [2.24, 2.45) is 11.8 Å². The lowest BCUT2D eigenvalue weighted by molar-refractivity contribution is -0.137. The number of likely N-dealkylation sites (tertiary alicyclic amines) is 2. The molecule has 2 amide bonds. The molecule has 2 aliphatic rings. The maximum absolute atomic E-state index is 13.1. The Balaban J connectivity index is 1.47. The van der Waals surface area contributed by atoms with E-state index in [1.54, 1.807) is 0 Å². The predicted molar refractivity (Wildman–Crippen MR) is 112 cm³/mol. The molecule has 7 nitrogen and oxygen atoms in total. The van der Waals surface area contributed by atoms with Crippen molar-refractivity contribution in [2.75, 3.05) is 45.2 Å². The second kappa shape index (κ2) is 10.3. The fourth-order valence-electron chi connectivity index (χ4n) is 4.40. The highest BCUT2D eigenvalue weighted by molar-refractivity contribution is 7.99. The number of amides is 2. The first kappa shape index (κ1) is 21.2. The lowest BCUT2D eigenvalue weighted by atomic mass is 9.94. The Bertz CT molecular complexity index is 631. The van der Waals surface area contributed by atoms with Crippen LogP contribution in [0.3, 0.4) is 0 Å². The summed E-state index contributed by atoms with van der Waals surface area (Å²) in [5.41, 5.74) is 0. The third kappa shape index (κ3) is 5.98. The van der Waals surface area contributed by atoms with Crippen LogP contribution in [-0.2, 0) is 16.1 Å². The molecule has 0 spiro atoms. The zero-order chi connectivity index (χ0) is 19.9. The van der Waals surface area contributed by atoms with Gasteiger partial charge in [-0.15, -0.1) is 0 Å². The normalized spacial score (nSPS) is 24.7. The number of rotatable bonds is 6. The minimum atomic E-state index is 0.0371. The Hall–Kier alpha value is -1.54. The summed E-state index contributed by atoms with van der Waals surface area (Å²) in [5.74, 6) is 1.51. The summed E-state index contributed by atoms with van der Waals surface area (Å²) in [5, 5.41) is 7.42. The van der Waals surface area contributed by atoms with Gasteiger partial charge in [0.1, 0.15) is 0 Å². The Labute approximate surface area is 172 Å². The van der Waals surface area contributed by atoms with Gasteiger partial charge in [0.05, 0.1) is 11.7 Å². The molecule has 2 atom stereocenters. The Morgan fingerprint density at radius 1 is 1.18 bits per heavy atom. The number of carbonyl (C=O) groups excluding carboxylic acids is 2. The molecule has 0 bridgehead atoms. The number of nitrogens with zero attached hydrogens (tertiary/aromatic N) is 4. The number of aromatic nitrogens is 2. The number of carbonyl (C=O) groups is 2. The minimum Gasteiger partial charge on any atom is -0.351 e. The molecule has 2 fully saturated rings. The standard InChI is InChI=1S/C20H33N5O2S/c1-23-13-17(4-5-18(14-23)22-19(26)15-28-2)20(27)24-10-6-16(7-11-24)12-25-9-3-8-21-25/h3,8-9,16-18H,4-7,10-15H2,1-2H3,(H,22,26)/t17-,18+/m1/s1. The molecule has 3 heterocycles. The fourth-order valence-corrected chi connectivity index (χ4v) is 4.74. The van der Waals surface area contributed by atoms with Crippen molar-refractivity contribution in [3.05, 3.63) is 18.5 Å². The van der Waals surface area contributed by atoms with Gasteiger partial charge >= 0.3 is 0 Å². The molecule has 2 aliphatic heterocycles. The van der Waals surface area contributed by atoms with Crippen LogP contribution in [-0.4, -0.2) is 82.7 Å². The van der Waals surface area contributed by atoms with Gasteiger partial charge in [0.15, 0.2) is 0 Å². The van der Waals surface area contributed by atoms with E-state index in [2.05, 4.69) is 27.3 Å². The number of likely N-dealkylation sites (N-methyl/N-ethyl adjacent to an activating group) is 1. The first-order valence-electron chi connectivity index (χ1n) is 10.3. The van der Waals surface area contributed by atoms with Gasteiger partial charge < -0.3 is 15.1 Å². The molecule has 28 heavy (non-hydrogen) atoms. The van der Waals surface area contributed by atoms with Gasteiger partial charge in [-0.25, -0.2) is 0 Å². The van der Waals surface area contributed by atoms with E-state index in [-0.39, 0.29) is 17.9 Å². The summed E-state index contributed by atoms with van der Waals surface area (Å²) >= 11 is 1.54. The van der Waals surface area contributed by atoms with E-state index in [9.17, 15) is 9.59 Å². The minimum absolute atomic E-state index is 0.0371. The van der Waals surface area contributed by atoms with E-state index in [0.717, 1.165) is 58.4 Å². The van der Waals surface area contributed by atoms with Gasteiger partial charge in [0, 0.05) is 51.2 Å². The van der Waals surface area contributed by atoms with Gasteiger partial charge in [-0.2, -0.15) is 16.9 Å². The van der Waals surface area contributed by atoms with Crippen molar-refractivity contribution in [1.82, 2.24) is 24.9 Å². The average Bonchev–Trinajstić information content (AvgIpc) is 3.11. The van der Waals surface area contributed by atoms with Crippen LogP contribution in [0.25, 0.3) is 0 Å². The monoisotopic (exact) mass is 407 g/mol. The number of hydrogen-bond donors (Lipinski definition) is 1. The van der Waals surface area contributed by atoms with Crippen LogP contribution in [0.5, 0.6) is 0 Å². The van der Waals surface area contributed by atoms with Gasteiger partial charge in [0.25, 0.3) is 0 Å². The number of nitrogens with one attached hydrogen (secondary N) is 1.